The lowest BCUT2D eigenvalue weighted by molar-refractivity contribution is -0.131. The van der Waals surface area contributed by atoms with Crippen LogP contribution >= 0.6 is 11.8 Å². The van der Waals surface area contributed by atoms with Crippen LogP contribution in [0.5, 0.6) is 5.75 Å². The maximum Gasteiger partial charge on any atom is 0.323 e. The molecule has 0 aromatic heterocycles. The summed E-state index contributed by atoms with van der Waals surface area (Å²) in [5.41, 5.74) is 4.79. The van der Waals surface area contributed by atoms with Gasteiger partial charge in [0, 0.05) is 23.8 Å². The van der Waals surface area contributed by atoms with E-state index in [1.54, 1.807) is 18.4 Å². The van der Waals surface area contributed by atoms with Gasteiger partial charge in [-0.25, -0.2) is 4.79 Å². The van der Waals surface area contributed by atoms with Gasteiger partial charge in [-0.2, -0.15) is 0 Å². The van der Waals surface area contributed by atoms with Gasteiger partial charge in [0.05, 0.1) is 19.2 Å². The Morgan fingerprint density at radius 2 is 1.76 bits per heavy atom. The average molecular weight is 532 g/mol. The first-order valence-electron chi connectivity index (χ1n) is 12.6. The van der Waals surface area contributed by atoms with Crippen LogP contribution in [0.25, 0.3) is 0 Å². The fraction of sp³-hybridized carbons (Fsp3) is 0.300. The molecule has 1 unspecified atom stereocenters. The number of aryl methyl sites for hydroxylation is 1. The van der Waals surface area contributed by atoms with Gasteiger partial charge < -0.3 is 20.3 Å². The second kappa shape index (κ2) is 12.6. The van der Waals surface area contributed by atoms with Crippen molar-refractivity contribution in [1.29, 1.82) is 0 Å². The number of anilines is 2. The summed E-state index contributed by atoms with van der Waals surface area (Å²) in [7, 11) is 1.54. The maximum absolute atomic E-state index is 13.3. The van der Waals surface area contributed by atoms with Gasteiger partial charge in [-0.15, -0.1) is 0 Å². The van der Waals surface area contributed by atoms with Gasteiger partial charge in [-0.05, 0) is 73.4 Å². The van der Waals surface area contributed by atoms with E-state index in [1.165, 1.54) is 18.9 Å². The number of benzene rings is 3. The molecule has 7 nitrogen and oxygen atoms in total. The van der Waals surface area contributed by atoms with Crippen LogP contribution in [0, 0.1) is 6.92 Å². The van der Waals surface area contributed by atoms with Crippen LogP contribution in [0.4, 0.5) is 16.2 Å². The predicted octanol–water partition coefficient (Wildman–Crippen LogP) is 5.93. The number of hydrogen-bond acceptors (Lipinski definition) is 5. The zero-order valence-corrected chi connectivity index (χ0v) is 22.8. The van der Waals surface area contributed by atoms with Crippen LogP contribution in [0.3, 0.4) is 0 Å². The van der Waals surface area contributed by atoms with Crippen molar-refractivity contribution in [2.75, 3.05) is 30.5 Å². The van der Waals surface area contributed by atoms with Gasteiger partial charge in [0.15, 0.2) is 0 Å². The molecule has 3 aromatic rings. The Kier molecular flexibility index (Phi) is 9.07. The molecule has 1 aliphatic heterocycles. The monoisotopic (exact) mass is 531 g/mol. The van der Waals surface area contributed by atoms with E-state index in [0.29, 0.717) is 17.0 Å². The molecule has 1 saturated heterocycles. The maximum atomic E-state index is 13.3. The van der Waals surface area contributed by atoms with Crippen LogP contribution in [-0.2, 0) is 17.6 Å². The molecule has 3 amide bonds. The van der Waals surface area contributed by atoms with Crippen LogP contribution in [-0.4, -0.2) is 47.9 Å². The molecule has 1 aliphatic rings. The van der Waals surface area contributed by atoms with Crippen molar-refractivity contribution in [2.45, 2.75) is 38.6 Å². The zero-order chi connectivity index (χ0) is 27.1. The summed E-state index contributed by atoms with van der Waals surface area (Å²) in [6.07, 6.45) is 4.65. The molecule has 2 N–H and O–H groups in total. The van der Waals surface area contributed by atoms with Crippen molar-refractivity contribution in [3.63, 3.8) is 0 Å². The van der Waals surface area contributed by atoms with E-state index < -0.39 is 0 Å². The summed E-state index contributed by atoms with van der Waals surface area (Å²) in [6.45, 7) is 2.65. The highest BCUT2D eigenvalue weighted by Gasteiger charge is 2.29. The lowest BCUT2D eigenvalue weighted by atomic mass is 10.0. The Bertz CT molecular complexity index is 1330. The number of nitrogens with zero attached hydrogens (tertiary/aromatic N) is 1. The molecule has 1 fully saturated rings. The fourth-order valence-electron chi connectivity index (χ4n) is 4.81. The van der Waals surface area contributed by atoms with Crippen molar-refractivity contribution in [2.24, 2.45) is 0 Å². The van der Waals surface area contributed by atoms with Gasteiger partial charge in [0.1, 0.15) is 5.75 Å². The zero-order valence-electron chi connectivity index (χ0n) is 22.0. The lowest BCUT2D eigenvalue weighted by Gasteiger charge is -2.25. The summed E-state index contributed by atoms with van der Waals surface area (Å²) in [5, 5.41) is 5.72. The molecule has 0 spiro atoms. The molecule has 8 heteroatoms. The number of carbonyl (C=O) groups is 3. The minimum atomic E-state index is -0.371. The Morgan fingerprint density at radius 3 is 2.53 bits per heavy atom. The number of nitrogens with one attached hydrogen (secondary N) is 2. The standard InChI is InChI=1S/C30H33N3O4S/c1-20-8-4-5-12-25(20)31-30(36)32-26-14-13-22(18-27(26)37-2)19-28(34)33-15-7-11-24(33)17-21-9-6-10-23(16-21)29(35)38-3/h4-6,8-10,12-14,16,18,24H,7,11,15,17,19H2,1-3H3,(H2,31,32,36). The van der Waals surface area contributed by atoms with Crippen LogP contribution in [0.15, 0.2) is 66.7 Å². The summed E-state index contributed by atoms with van der Waals surface area (Å²) in [5.74, 6) is 0.549. The van der Waals surface area contributed by atoms with E-state index in [9.17, 15) is 14.4 Å². The number of para-hydroxylation sites is 1. The van der Waals surface area contributed by atoms with Crippen molar-refractivity contribution < 1.29 is 19.1 Å². The van der Waals surface area contributed by atoms with Crippen LogP contribution < -0.4 is 15.4 Å². The first-order chi connectivity index (χ1) is 18.4. The number of amides is 3. The number of methoxy groups -OCH3 is 1. The highest BCUT2D eigenvalue weighted by molar-refractivity contribution is 8.13. The topological polar surface area (TPSA) is 87.7 Å². The minimum Gasteiger partial charge on any atom is -0.495 e. The number of urea groups is 1. The Balaban J connectivity index is 1.39. The quantitative estimate of drug-likeness (QED) is 0.376. The number of likely N-dealkylation sites (tertiary alicyclic amines) is 1. The van der Waals surface area contributed by atoms with E-state index in [4.69, 9.17) is 4.74 Å². The number of thioether (sulfide) groups is 1. The van der Waals surface area contributed by atoms with Crippen molar-refractivity contribution >= 4 is 40.2 Å². The van der Waals surface area contributed by atoms with E-state index in [-0.39, 0.29) is 29.5 Å². The summed E-state index contributed by atoms with van der Waals surface area (Å²) >= 11 is 1.20. The third kappa shape index (κ3) is 6.75. The Hall–Kier alpha value is -3.78. The molecule has 0 aliphatic carbocycles. The molecule has 3 aromatic carbocycles. The first kappa shape index (κ1) is 27.3. The summed E-state index contributed by atoms with van der Waals surface area (Å²) in [6, 6.07) is 20.4. The van der Waals surface area contributed by atoms with E-state index in [1.807, 2.05) is 66.4 Å². The Morgan fingerprint density at radius 1 is 0.974 bits per heavy atom. The molecule has 1 atom stereocenters. The molecule has 0 bridgehead atoms. The largest absolute Gasteiger partial charge is 0.495 e. The lowest BCUT2D eigenvalue weighted by Crippen LogP contribution is -2.37. The second-order valence-electron chi connectivity index (χ2n) is 9.38. The average Bonchev–Trinajstić information content (AvgIpc) is 3.38. The van der Waals surface area contributed by atoms with Crippen LogP contribution in [0.1, 0.15) is 39.9 Å². The molecule has 0 saturated carbocycles. The summed E-state index contributed by atoms with van der Waals surface area (Å²) in [4.78, 5) is 39.9. The van der Waals surface area contributed by atoms with Gasteiger partial charge in [0.25, 0.3) is 0 Å². The van der Waals surface area contributed by atoms with Gasteiger partial charge >= 0.3 is 6.03 Å². The van der Waals surface area contributed by atoms with E-state index in [2.05, 4.69) is 10.6 Å². The van der Waals surface area contributed by atoms with Gasteiger partial charge in [-0.1, -0.05) is 54.2 Å². The predicted molar refractivity (Wildman–Crippen MR) is 153 cm³/mol. The van der Waals surface area contributed by atoms with E-state index >= 15 is 0 Å². The minimum absolute atomic E-state index is 0.0470. The number of rotatable bonds is 8. The van der Waals surface area contributed by atoms with Crippen molar-refractivity contribution in [3.8, 4) is 5.75 Å². The van der Waals surface area contributed by atoms with Crippen LogP contribution in [0.2, 0.25) is 0 Å². The smallest absolute Gasteiger partial charge is 0.323 e. The number of carbonyl (C=O) groups excluding carboxylic acids is 3. The van der Waals surface area contributed by atoms with Crippen molar-refractivity contribution in [3.05, 3.63) is 89.0 Å². The number of ether oxygens (including phenoxy) is 1. The first-order valence-corrected chi connectivity index (χ1v) is 13.9. The molecular formula is C30H33N3O4S. The fourth-order valence-corrected chi connectivity index (χ4v) is 5.17. The van der Waals surface area contributed by atoms with Crippen molar-refractivity contribution in [1.82, 2.24) is 4.90 Å². The third-order valence-corrected chi connectivity index (χ3v) is 7.39. The highest BCUT2D eigenvalue weighted by Crippen LogP contribution is 2.28. The third-order valence-electron chi connectivity index (χ3n) is 6.78. The normalized spacial score (nSPS) is 14.7. The van der Waals surface area contributed by atoms with Gasteiger partial charge in [0.2, 0.25) is 11.0 Å². The molecule has 198 valence electrons. The van der Waals surface area contributed by atoms with Gasteiger partial charge in [-0.3, -0.25) is 9.59 Å². The second-order valence-corrected chi connectivity index (χ2v) is 10.2. The number of hydrogen-bond donors (Lipinski definition) is 2. The summed E-state index contributed by atoms with van der Waals surface area (Å²) < 4.78 is 5.51. The molecule has 1 heterocycles. The molecule has 0 radical (unpaired) electrons. The Labute approximate surface area is 227 Å². The highest BCUT2D eigenvalue weighted by atomic mass is 32.2. The van der Waals surface area contributed by atoms with E-state index in [0.717, 1.165) is 48.2 Å². The molecular weight excluding hydrogens is 498 g/mol. The SMILES string of the molecule is COc1cc(CC(=O)N2CCCC2Cc2cccc(C(=O)SC)c2)ccc1NC(=O)Nc1ccccc1C. The molecule has 38 heavy (non-hydrogen) atoms. The molecule has 4 rings (SSSR count).